The number of hydrogen-bond acceptors (Lipinski definition) is 2. The predicted molar refractivity (Wildman–Crippen MR) is 54.0 cm³/mol. The lowest BCUT2D eigenvalue weighted by atomic mass is 10.2. The SMILES string of the molecule is Nc1cccc2c1ccn2CC(=O)O. The van der Waals surface area contributed by atoms with Gasteiger partial charge in [-0.1, -0.05) is 6.07 Å². The fourth-order valence-electron chi connectivity index (χ4n) is 1.53. The first-order valence-electron chi connectivity index (χ1n) is 4.23. The fourth-order valence-corrected chi connectivity index (χ4v) is 1.53. The molecule has 2 aromatic rings. The van der Waals surface area contributed by atoms with Crippen LogP contribution in [0, 0.1) is 0 Å². The Morgan fingerprint density at radius 3 is 2.93 bits per heavy atom. The molecule has 4 nitrogen and oxygen atoms in total. The monoisotopic (exact) mass is 190 g/mol. The molecule has 1 aromatic carbocycles. The number of nitrogens with two attached hydrogens (primary N) is 1. The number of carboxylic acid groups (broad SMARTS) is 1. The molecule has 0 saturated heterocycles. The zero-order chi connectivity index (χ0) is 10.1. The highest BCUT2D eigenvalue weighted by atomic mass is 16.4. The van der Waals surface area contributed by atoms with E-state index in [2.05, 4.69) is 0 Å². The van der Waals surface area contributed by atoms with Crippen molar-refractivity contribution in [3.05, 3.63) is 30.5 Å². The van der Waals surface area contributed by atoms with Crippen molar-refractivity contribution in [2.75, 3.05) is 5.73 Å². The van der Waals surface area contributed by atoms with Crippen molar-refractivity contribution >= 4 is 22.6 Å². The first kappa shape index (κ1) is 8.62. The van der Waals surface area contributed by atoms with E-state index < -0.39 is 5.97 Å². The molecule has 0 aliphatic carbocycles. The Morgan fingerprint density at radius 2 is 2.21 bits per heavy atom. The topological polar surface area (TPSA) is 68.2 Å². The molecule has 14 heavy (non-hydrogen) atoms. The zero-order valence-corrected chi connectivity index (χ0v) is 7.47. The van der Waals surface area contributed by atoms with Crippen LogP contribution in [0.3, 0.4) is 0 Å². The molecular weight excluding hydrogens is 180 g/mol. The van der Waals surface area contributed by atoms with Gasteiger partial charge in [0.1, 0.15) is 6.54 Å². The second-order valence-corrected chi connectivity index (χ2v) is 3.12. The maximum atomic E-state index is 10.5. The van der Waals surface area contributed by atoms with Crippen molar-refractivity contribution in [3.63, 3.8) is 0 Å². The largest absolute Gasteiger partial charge is 0.480 e. The van der Waals surface area contributed by atoms with Crippen LogP contribution in [0.1, 0.15) is 0 Å². The third kappa shape index (κ3) is 1.31. The van der Waals surface area contributed by atoms with Crippen LogP contribution in [-0.2, 0) is 11.3 Å². The second kappa shape index (κ2) is 3.06. The van der Waals surface area contributed by atoms with E-state index in [1.54, 1.807) is 16.8 Å². The summed E-state index contributed by atoms with van der Waals surface area (Å²) in [6.45, 7) is -0.0348. The number of fused-ring (bicyclic) bond motifs is 1. The number of aromatic nitrogens is 1. The molecule has 0 spiro atoms. The highest BCUT2D eigenvalue weighted by molar-refractivity contribution is 5.91. The lowest BCUT2D eigenvalue weighted by molar-refractivity contribution is -0.137. The molecule has 0 atom stereocenters. The molecule has 0 aliphatic heterocycles. The van der Waals surface area contributed by atoms with Crippen molar-refractivity contribution < 1.29 is 9.90 Å². The number of anilines is 1. The lowest BCUT2D eigenvalue weighted by Gasteiger charge is -2.01. The molecule has 0 fully saturated rings. The third-order valence-electron chi connectivity index (χ3n) is 2.15. The third-order valence-corrected chi connectivity index (χ3v) is 2.15. The predicted octanol–water partition coefficient (Wildman–Crippen LogP) is 1.31. The van der Waals surface area contributed by atoms with E-state index in [1.807, 2.05) is 18.2 Å². The molecule has 0 amide bonds. The number of hydrogen-bond donors (Lipinski definition) is 2. The molecule has 0 unspecified atom stereocenters. The summed E-state index contributed by atoms with van der Waals surface area (Å²) in [5.74, 6) is -0.857. The van der Waals surface area contributed by atoms with Crippen molar-refractivity contribution in [2.45, 2.75) is 6.54 Å². The van der Waals surface area contributed by atoms with Gasteiger partial charge in [-0.25, -0.2) is 0 Å². The minimum absolute atomic E-state index is 0.0348. The Labute approximate surface area is 80.6 Å². The molecule has 1 aromatic heterocycles. The number of aliphatic carboxylic acids is 1. The van der Waals surface area contributed by atoms with Gasteiger partial charge < -0.3 is 15.4 Å². The van der Waals surface area contributed by atoms with E-state index >= 15 is 0 Å². The van der Waals surface area contributed by atoms with E-state index in [9.17, 15) is 4.79 Å². The van der Waals surface area contributed by atoms with Crippen LogP contribution in [0.25, 0.3) is 10.9 Å². The average molecular weight is 190 g/mol. The normalized spacial score (nSPS) is 10.6. The minimum Gasteiger partial charge on any atom is -0.480 e. The van der Waals surface area contributed by atoms with Gasteiger partial charge in [-0.05, 0) is 18.2 Å². The van der Waals surface area contributed by atoms with Crippen LogP contribution in [0.5, 0.6) is 0 Å². The smallest absolute Gasteiger partial charge is 0.323 e. The van der Waals surface area contributed by atoms with Crippen LogP contribution >= 0.6 is 0 Å². The van der Waals surface area contributed by atoms with Gasteiger partial charge in [-0.2, -0.15) is 0 Å². The van der Waals surface area contributed by atoms with Crippen LogP contribution in [0.4, 0.5) is 5.69 Å². The van der Waals surface area contributed by atoms with Crippen molar-refractivity contribution in [3.8, 4) is 0 Å². The number of nitrogens with zero attached hydrogens (tertiary/aromatic N) is 1. The summed E-state index contributed by atoms with van der Waals surface area (Å²) in [7, 11) is 0. The fraction of sp³-hybridized carbons (Fsp3) is 0.100. The maximum absolute atomic E-state index is 10.5. The lowest BCUT2D eigenvalue weighted by Crippen LogP contribution is -2.07. The quantitative estimate of drug-likeness (QED) is 0.701. The standard InChI is InChI=1S/C10H10N2O2/c11-8-2-1-3-9-7(8)4-5-12(9)6-10(13)14/h1-5H,6,11H2,(H,13,14). The summed E-state index contributed by atoms with van der Waals surface area (Å²) >= 11 is 0. The Kier molecular flexibility index (Phi) is 1.89. The van der Waals surface area contributed by atoms with E-state index in [4.69, 9.17) is 10.8 Å². The molecule has 1 heterocycles. The van der Waals surface area contributed by atoms with Crippen LogP contribution in [0.2, 0.25) is 0 Å². The molecular formula is C10H10N2O2. The van der Waals surface area contributed by atoms with E-state index in [-0.39, 0.29) is 6.54 Å². The van der Waals surface area contributed by atoms with Gasteiger partial charge in [0.2, 0.25) is 0 Å². The van der Waals surface area contributed by atoms with E-state index in [1.165, 1.54) is 0 Å². The van der Waals surface area contributed by atoms with E-state index in [0.29, 0.717) is 5.69 Å². The van der Waals surface area contributed by atoms with Crippen molar-refractivity contribution in [1.29, 1.82) is 0 Å². The van der Waals surface area contributed by atoms with E-state index in [0.717, 1.165) is 10.9 Å². The minimum atomic E-state index is -0.857. The first-order chi connectivity index (χ1) is 6.68. The van der Waals surface area contributed by atoms with Gasteiger partial charge in [-0.15, -0.1) is 0 Å². The molecule has 4 heteroatoms. The van der Waals surface area contributed by atoms with Gasteiger partial charge in [-0.3, -0.25) is 4.79 Å². The summed E-state index contributed by atoms with van der Waals surface area (Å²) in [6, 6.07) is 7.30. The number of carboxylic acids is 1. The Hall–Kier alpha value is -1.97. The molecule has 72 valence electrons. The highest BCUT2D eigenvalue weighted by Gasteiger charge is 2.05. The van der Waals surface area contributed by atoms with Crippen molar-refractivity contribution in [1.82, 2.24) is 4.57 Å². The summed E-state index contributed by atoms with van der Waals surface area (Å²) in [6.07, 6.45) is 1.73. The Morgan fingerprint density at radius 1 is 1.43 bits per heavy atom. The molecule has 0 bridgehead atoms. The van der Waals surface area contributed by atoms with Gasteiger partial charge in [0.05, 0.1) is 5.52 Å². The Bertz CT molecular complexity index is 488. The van der Waals surface area contributed by atoms with Gasteiger partial charge >= 0.3 is 5.97 Å². The summed E-state index contributed by atoms with van der Waals surface area (Å²) in [5, 5.41) is 9.56. The second-order valence-electron chi connectivity index (χ2n) is 3.12. The van der Waals surface area contributed by atoms with Crippen LogP contribution in [0.15, 0.2) is 30.5 Å². The summed E-state index contributed by atoms with van der Waals surface area (Å²) in [5.41, 5.74) is 7.27. The molecule has 3 N–H and O–H groups in total. The van der Waals surface area contributed by atoms with Crippen molar-refractivity contribution in [2.24, 2.45) is 0 Å². The van der Waals surface area contributed by atoms with Gasteiger partial charge in [0.25, 0.3) is 0 Å². The maximum Gasteiger partial charge on any atom is 0.323 e. The number of carbonyl (C=O) groups is 1. The summed E-state index contributed by atoms with van der Waals surface area (Å²) in [4.78, 5) is 10.5. The number of benzene rings is 1. The first-order valence-corrected chi connectivity index (χ1v) is 4.23. The number of rotatable bonds is 2. The Balaban J connectivity index is 2.58. The number of nitrogen functional groups attached to an aromatic ring is 1. The summed E-state index contributed by atoms with van der Waals surface area (Å²) < 4.78 is 1.66. The van der Waals surface area contributed by atoms with Crippen LogP contribution < -0.4 is 5.73 Å². The van der Waals surface area contributed by atoms with Gasteiger partial charge in [0, 0.05) is 17.3 Å². The highest BCUT2D eigenvalue weighted by Crippen LogP contribution is 2.21. The molecule has 0 saturated carbocycles. The van der Waals surface area contributed by atoms with Crippen LogP contribution in [-0.4, -0.2) is 15.6 Å². The molecule has 2 rings (SSSR count). The average Bonchev–Trinajstić information content (AvgIpc) is 2.49. The molecule has 0 radical (unpaired) electrons. The zero-order valence-electron chi connectivity index (χ0n) is 7.47. The molecule has 0 aliphatic rings. The van der Waals surface area contributed by atoms with Gasteiger partial charge in [0.15, 0.2) is 0 Å².